The number of benzene rings is 1. The number of rotatable bonds is 2. The first-order valence-corrected chi connectivity index (χ1v) is 7.49. The summed E-state index contributed by atoms with van der Waals surface area (Å²) in [5.74, 6) is -1.13. The fourth-order valence-corrected chi connectivity index (χ4v) is 2.66. The lowest BCUT2D eigenvalue weighted by molar-refractivity contribution is 0.102. The van der Waals surface area contributed by atoms with Crippen LogP contribution in [0.5, 0.6) is 0 Å². The molecule has 128 valence electrons. The van der Waals surface area contributed by atoms with E-state index < -0.39 is 23.0 Å². The SMILES string of the molecule is Cn1c(=O)c2cc(NC(=O)c3ccc(F)cc3Cl)cnc2n(C)c1=O. The minimum absolute atomic E-state index is 0.0374. The zero-order chi connectivity index (χ0) is 18.3. The van der Waals surface area contributed by atoms with Crippen molar-refractivity contribution < 1.29 is 9.18 Å². The number of nitrogens with zero attached hydrogens (tertiary/aromatic N) is 3. The van der Waals surface area contributed by atoms with Crippen LogP contribution < -0.4 is 16.6 Å². The first-order valence-electron chi connectivity index (χ1n) is 7.12. The molecule has 1 N–H and O–H groups in total. The highest BCUT2D eigenvalue weighted by Crippen LogP contribution is 2.19. The van der Waals surface area contributed by atoms with Gasteiger partial charge in [-0.15, -0.1) is 0 Å². The van der Waals surface area contributed by atoms with Gasteiger partial charge in [0.05, 0.1) is 27.9 Å². The molecule has 0 aliphatic heterocycles. The zero-order valence-electron chi connectivity index (χ0n) is 13.2. The minimum atomic E-state index is -0.576. The Hall–Kier alpha value is -3.00. The van der Waals surface area contributed by atoms with Crippen LogP contribution in [0.2, 0.25) is 5.02 Å². The Kier molecular flexibility index (Phi) is 4.13. The van der Waals surface area contributed by atoms with Crippen molar-refractivity contribution in [1.29, 1.82) is 0 Å². The van der Waals surface area contributed by atoms with Crippen molar-refractivity contribution in [2.75, 3.05) is 5.32 Å². The van der Waals surface area contributed by atoms with Gasteiger partial charge in [0.2, 0.25) is 0 Å². The molecule has 0 unspecified atom stereocenters. The van der Waals surface area contributed by atoms with Crippen LogP contribution in [0.25, 0.3) is 11.0 Å². The average molecular weight is 363 g/mol. The maximum absolute atomic E-state index is 13.1. The summed E-state index contributed by atoms with van der Waals surface area (Å²) in [6, 6.07) is 4.81. The lowest BCUT2D eigenvalue weighted by atomic mass is 10.2. The van der Waals surface area contributed by atoms with Gasteiger partial charge in [-0.2, -0.15) is 0 Å². The van der Waals surface area contributed by atoms with E-state index >= 15 is 0 Å². The molecule has 2 aromatic heterocycles. The molecule has 0 bridgehead atoms. The largest absolute Gasteiger partial charge is 0.332 e. The van der Waals surface area contributed by atoms with Crippen LogP contribution in [0, 0.1) is 5.82 Å². The summed E-state index contributed by atoms with van der Waals surface area (Å²) in [7, 11) is 2.85. The standard InChI is InChI=1S/C16H12ClFN4O3/c1-21-13-11(15(24)22(2)16(21)25)6-9(7-19-13)20-14(23)10-4-3-8(18)5-12(10)17/h3-7H,1-2H3,(H,20,23). The molecule has 0 aliphatic carbocycles. The summed E-state index contributed by atoms with van der Waals surface area (Å²) in [6.07, 6.45) is 1.32. The van der Waals surface area contributed by atoms with Crippen LogP contribution in [0.1, 0.15) is 10.4 Å². The normalized spacial score (nSPS) is 10.9. The van der Waals surface area contributed by atoms with Crippen LogP contribution in [0.4, 0.5) is 10.1 Å². The molecule has 0 atom stereocenters. The van der Waals surface area contributed by atoms with E-state index in [0.29, 0.717) is 0 Å². The number of amides is 1. The Morgan fingerprint density at radius 2 is 1.92 bits per heavy atom. The predicted octanol–water partition coefficient (Wildman–Crippen LogP) is 1.68. The van der Waals surface area contributed by atoms with Gasteiger partial charge in [-0.1, -0.05) is 11.6 Å². The highest BCUT2D eigenvalue weighted by Gasteiger charge is 2.14. The highest BCUT2D eigenvalue weighted by atomic mass is 35.5. The van der Waals surface area contributed by atoms with Crippen molar-refractivity contribution in [2.24, 2.45) is 14.1 Å². The summed E-state index contributed by atoms with van der Waals surface area (Å²) >= 11 is 5.86. The number of halogens is 2. The van der Waals surface area contributed by atoms with E-state index in [9.17, 15) is 18.8 Å². The van der Waals surface area contributed by atoms with E-state index in [1.54, 1.807) is 0 Å². The Balaban J connectivity index is 2.04. The van der Waals surface area contributed by atoms with E-state index in [1.807, 2.05) is 0 Å². The van der Waals surface area contributed by atoms with Crippen molar-refractivity contribution in [1.82, 2.24) is 14.1 Å². The van der Waals surface area contributed by atoms with E-state index in [-0.39, 0.29) is 27.3 Å². The molecule has 0 radical (unpaired) electrons. The molecule has 9 heteroatoms. The van der Waals surface area contributed by atoms with Crippen molar-refractivity contribution in [3.05, 3.63) is 67.7 Å². The second-order valence-corrected chi connectivity index (χ2v) is 5.79. The topological polar surface area (TPSA) is 86.0 Å². The smallest absolute Gasteiger partial charge is 0.321 e. The number of fused-ring (bicyclic) bond motifs is 1. The third-order valence-corrected chi connectivity index (χ3v) is 4.04. The Morgan fingerprint density at radius 3 is 2.60 bits per heavy atom. The van der Waals surface area contributed by atoms with Gasteiger partial charge in [0.15, 0.2) is 0 Å². The second kappa shape index (κ2) is 6.14. The molecule has 0 saturated carbocycles. The van der Waals surface area contributed by atoms with Crippen molar-refractivity contribution >= 4 is 34.2 Å². The Morgan fingerprint density at radius 1 is 1.20 bits per heavy atom. The van der Waals surface area contributed by atoms with Gasteiger partial charge in [-0.3, -0.25) is 18.7 Å². The molecule has 0 spiro atoms. The maximum Gasteiger partial charge on any atom is 0.332 e. The van der Waals surface area contributed by atoms with Crippen LogP contribution in [-0.4, -0.2) is 20.0 Å². The number of carbonyl (C=O) groups is 1. The quantitative estimate of drug-likeness (QED) is 0.751. The van der Waals surface area contributed by atoms with Gasteiger partial charge >= 0.3 is 5.69 Å². The minimum Gasteiger partial charge on any atom is -0.321 e. The fourth-order valence-electron chi connectivity index (χ4n) is 2.41. The number of nitrogens with one attached hydrogen (secondary N) is 1. The van der Waals surface area contributed by atoms with Crippen LogP contribution in [0.3, 0.4) is 0 Å². The summed E-state index contributed by atoms with van der Waals surface area (Å²) in [6.45, 7) is 0. The van der Waals surface area contributed by atoms with Gasteiger partial charge < -0.3 is 5.32 Å². The van der Waals surface area contributed by atoms with Gasteiger partial charge in [-0.05, 0) is 24.3 Å². The summed E-state index contributed by atoms with van der Waals surface area (Å²) < 4.78 is 15.3. The number of anilines is 1. The number of hydrogen-bond acceptors (Lipinski definition) is 4. The first-order chi connectivity index (χ1) is 11.8. The maximum atomic E-state index is 13.1. The second-order valence-electron chi connectivity index (χ2n) is 5.38. The lowest BCUT2D eigenvalue weighted by Gasteiger charge is -2.10. The van der Waals surface area contributed by atoms with Gasteiger partial charge in [0.25, 0.3) is 11.5 Å². The molecule has 0 saturated heterocycles. The molecule has 25 heavy (non-hydrogen) atoms. The number of carbonyl (C=O) groups excluding carboxylic acids is 1. The van der Waals surface area contributed by atoms with E-state index in [4.69, 9.17) is 11.6 Å². The highest BCUT2D eigenvalue weighted by molar-refractivity contribution is 6.34. The van der Waals surface area contributed by atoms with Gasteiger partial charge in [0.1, 0.15) is 11.5 Å². The molecule has 0 fully saturated rings. The fraction of sp³-hybridized carbons (Fsp3) is 0.125. The molecular formula is C16H12ClFN4O3. The van der Waals surface area contributed by atoms with Crippen LogP contribution in [0.15, 0.2) is 40.1 Å². The van der Waals surface area contributed by atoms with Crippen LogP contribution >= 0.6 is 11.6 Å². The van der Waals surface area contributed by atoms with Crippen LogP contribution in [-0.2, 0) is 14.1 Å². The lowest BCUT2D eigenvalue weighted by Crippen LogP contribution is -2.37. The summed E-state index contributed by atoms with van der Waals surface area (Å²) in [5, 5.41) is 2.68. The molecule has 1 amide bonds. The number of pyridine rings is 1. The van der Waals surface area contributed by atoms with Crippen molar-refractivity contribution in [3.63, 3.8) is 0 Å². The summed E-state index contributed by atoms with van der Waals surface area (Å²) in [4.78, 5) is 40.5. The van der Waals surface area contributed by atoms with E-state index in [0.717, 1.165) is 16.7 Å². The summed E-state index contributed by atoms with van der Waals surface area (Å²) in [5.41, 5.74) is -0.502. The van der Waals surface area contributed by atoms with Crippen molar-refractivity contribution in [3.8, 4) is 0 Å². The first kappa shape index (κ1) is 16.8. The molecule has 7 nitrogen and oxygen atoms in total. The predicted molar refractivity (Wildman–Crippen MR) is 91.6 cm³/mol. The third kappa shape index (κ3) is 2.91. The molecule has 1 aromatic carbocycles. The molecule has 3 rings (SSSR count). The van der Waals surface area contributed by atoms with E-state index in [2.05, 4.69) is 10.3 Å². The van der Waals surface area contributed by atoms with Gasteiger partial charge in [-0.25, -0.2) is 14.2 Å². The average Bonchev–Trinajstić information content (AvgIpc) is 2.57. The molecule has 0 aliphatic rings. The Labute approximate surface area is 145 Å². The third-order valence-electron chi connectivity index (χ3n) is 3.73. The Bertz CT molecular complexity index is 1140. The van der Waals surface area contributed by atoms with E-state index in [1.165, 1.54) is 37.0 Å². The zero-order valence-corrected chi connectivity index (χ0v) is 14.0. The number of hydrogen-bond donors (Lipinski definition) is 1. The monoisotopic (exact) mass is 362 g/mol. The molecule has 3 aromatic rings. The number of aromatic nitrogens is 3. The van der Waals surface area contributed by atoms with Gasteiger partial charge in [0, 0.05) is 14.1 Å². The number of aryl methyl sites for hydroxylation is 1. The molecule has 2 heterocycles. The van der Waals surface area contributed by atoms with Crippen molar-refractivity contribution in [2.45, 2.75) is 0 Å². The molecular weight excluding hydrogens is 351 g/mol.